The van der Waals surface area contributed by atoms with E-state index in [2.05, 4.69) is 10.2 Å². The number of rotatable bonds is 4. The summed E-state index contributed by atoms with van der Waals surface area (Å²) in [6, 6.07) is 9.19. The Morgan fingerprint density at radius 1 is 1.35 bits per heavy atom. The largest absolute Gasteiger partial charge is 0.378 e. The predicted octanol–water partition coefficient (Wildman–Crippen LogP) is 3.37. The van der Waals surface area contributed by atoms with Crippen molar-refractivity contribution in [3.63, 3.8) is 0 Å². The number of amides is 1. The van der Waals surface area contributed by atoms with Crippen LogP contribution < -0.4 is 0 Å². The molecule has 1 saturated heterocycles. The highest BCUT2D eigenvalue weighted by Gasteiger charge is 2.25. The molecule has 1 fully saturated rings. The van der Waals surface area contributed by atoms with E-state index in [0.29, 0.717) is 10.7 Å². The highest BCUT2D eigenvalue weighted by Crippen LogP contribution is 2.21. The minimum absolute atomic E-state index is 0.00679. The van der Waals surface area contributed by atoms with E-state index in [1.54, 1.807) is 6.07 Å². The van der Waals surface area contributed by atoms with E-state index in [4.69, 9.17) is 16.3 Å². The number of nitrogens with zero attached hydrogens (tertiary/aromatic N) is 2. The zero-order chi connectivity index (χ0) is 16.2. The van der Waals surface area contributed by atoms with Crippen LogP contribution in [0.15, 0.2) is 30.3 Å². The number of nitrogens with one attached hydrogen (secondary N) is 1. The van der Waals surface area contributed by atoms with Gasteiger partial charge in [-0.05, 0) is 38.0 Å². The second-order valence-electron chi connectivity index (χ2n) is 5.62. The van der Waals surface area contributed by atoms with Crippen molar-refractivity contribution in [2.75, 3.05) is 19.7 Å². The monoisotopic (exact) mass is 333 g/mol. The molecule has 0 atom stereocenters. The number of aromatic amines is 1. The molecule has 1 aliphatic heterocycles. The van der Waals surface area contributed by atoms with Gasteiger partial charge in [0.1, 0.15) is 5.69 Å². The van der Waals surface area contributed by atoms with Crippen LogP contribution in [0.3, 0.4) is 0 Å². The molecule has 0 radical (unpaired) electrons. The molecule has 0 saturated carbocycles. The maximum Gasteiger partial charge on any atom is 0.271 e. The summed E-state index contributed by atoms with van der Waals surface area (Å²) < 4.78 is 5.62. The third-order valence-corrected chi connectivity index (χ3v) is 4.33. The van der Waals surface area contributed by atoms with Gasteiger partial charge >= 0.3 is 0 Å². The number of halogens is 1. The fraction of sp³-hybridized carbons (Fsp3) is 0.412. The number of piperidine rings is 1. The highest BCUT2D eigenvalue weighted by atomic mass is 35.5. The molecule has 23 heavy (non-hydrogen) atoms. The quantitative estimate of drug-likeness (QED) is 0.933. The zero-order valence-electron chi connectivity index (χ0n) is 13.1. The predicted molar refractivity (Wildman–Crippen MR) is 89.6 cm³/mol. The average molecular weight is 334 g/mol. The first-order valence-corrected chi connectivity index (χ1v) is 8.27. The molecule has 1 amide bonds. The van der Waals surface area contributed by atoms with E-state index in [-0.39, 0.29) is 12.0 Å². The van der Waals surface area contributed by atoms with Gasteiger partial charge < -0.3 is 9.64 Å². The Labute approximate surface area is 140 Å². The molecular formula is C17H20ClN3O2. The summed E-state index contributed by atoms with van der Waals surface area (Å²) in [7, 11) is 0. The number of aromatic nitrogens is 2. The minimum Gasteiger partial charge on any atom is -0.378 e. The number of hydrogen-bond acceptors (Lipinski definition) is 3. The molecule has 1 N–H and O–H groups in total. The molecule has 1 aromatic heterocycles. The lowest BCUT2D eigenvalue weighted by Gasteiger charge is -2.31. The van der Waals surface area contributed by atoms with Crippen LogP contribution in [0.5, 0.6) is 0 Å². The van der Waals surface area contributed by atoms with Crippen LogP contribution in [-0.2, 0) is 4.74 Å². The number of ether oxygens (including phenoxy) is 1. The number of carbonyl (C=O) groups is 1. The molecule has 1 aromatic carbocycles. The first-order chi connectivity index (χ1) is 11.2. The molecular weight excluding hydrogens is 314 g/mol. The van der Waals surface area contributed by atoms with Gasteiger partial charge in [-0.2, -0.15) is 5.10 Å². The van der Waals surface area contributed by atoms with Crippen molar-refractivity contribution in [1.82, 2.24) is 15.1 Å². The first kappa shape index (κ1) is 16.0. The summed E-state index contributed by atoms with van der Waals surface area (Å²) in [5.41, 5.74) is 2.19. The fourth-order valence-electron chi connectivity index (χ4n) is 2.83. The molecule has 0 spiro atoms. The smallest absolute Gasteiger partial charge is 0.271 e. The van der Waals surface area contributed by atoms with Gasteiger partial charge in [0.15, 0.2) is 0 Å². The Balaban J connectivity index is 1.66. The summed E-state index contributed by atoms with van der Waals surface area (Å²) in [5, 5.41) is 7.76. The van der Waals surface area contributed by atoms with Crippen LogP contribution in [0.1, 0.15) is 30.3 Å². The van der Waals surface area contributed by atoms with Crippen LogP contribution in [0.25, 0.3) is 11.3 Å². The second-order valence-corrected chi connectivity index (χ2v) is 6.06. The fourth-order valence-corrected chi connectivity index (χ4v) is 2.96. The van der Waals surface area contributed by atoms with Gasteiger partial charge in [0.05, 0.1) is 11.8 Å². The highest BCUT2D eigenvalue weighted by molar-refractivity contribution is 6.30. The van der Waals surface area contributed by atoms with Gasteiger partial charge in [0.2, 0.25) is 0 Å². The van der Waals surface area contributed by atoms with Crippen molar-refractivity contribution in [3.8, 4) is 11.3 Å². The Bertz CT molecular complexity index is 661. The molecule has 2 aromatic rings. The van der Waals surface area contributed by atoms with Crippen molar-refractivity contribution >= 4 is 17.5 Å². The second kappa shape index (κ2) is 7.15. The molecule has 0 unspecified atom stereocenters. The Hall–Kier alpha value is -1.85. The van der Waals surface area contributed by atoms with E-state index in [1.807, 2.05) is 36.1 Å². The summed E-state index contributed by atoms with van der Waals surface area (Å²) in [4.78, 5) is 14.4. The summed E-state index contributed by atoms with van der Waals surface area (Å²) in [5.74, 6) is -0.00679. The molecule has 122 valence electrons. The average Bonchev–Trinajstić information content (AvgIpc) is 3.06. The van der Waals surface area contributed by atoms with E-state index in [1.165, 1.54) is 0 Å². The molecule has 5 nitrogen and oxygen atoms in total. The molecule has 0 bridgehead atoms. The van der Waals surface area contributed by atoms with E-state index in [9.17, 15) is 4.79 Å². The normalized spacial score (nSPS) is 15.8. The van der Waals surface area contributed by atoms with Gasteiger partial charge in [-0.3, -0.25) is 9.89 Å². The SMILES string of the molecule is CCOC1CCN(C(=O)c2cc(-c3ccc(Cl)cc3)n[nH]2)CC1. The van der Waals surface area contributed by atoms with Crippen molar-refractivity contribution in [2.24, 2.45) is 0 Å². The topological polar surface area (TPSA) is 58.2 Å². The third kappa shape index (κ3) is 3.74. The van der Waals surface area contributed by atoms with Crippen molar-refractivity contribution in [1.29, 1.82) is 0 Å². The summed E-state index contributed by atoms with van der Waals surface area (Å²) in [6.45, 7) is 4.17. The van der Waals surface area contributed by atoms with Gasteiger partial charge in [0, 0.05) is 30.3 Å². The van der Waals surface area contributed by atoms with E-state index >= 15 is 0 Å². The zero-order valence-corrected chi connectivity index (χ0v) is 13.8. The number of likely N-dealkylation sites (tertiary alicyclic amines) is 1. The van der Waals surface area contributed by atoms with Crippen molar-refractivity contribution in [3.05, 3.63) is 41.0 Å². The minimum atomic E-state index is -0.00679. The summed E-state index contributed by atoms with van der Waals surface area (Å²) >= 11 is 5.89. The Kier molecular flexibility index (Phi) is 4.98. The van der Waals surface area contributed by atoms with Crippen LogP contribution in [0.4, 0.5) is 0 Å². The lowest BCUT2D eigenvalue weighted by molar-refractivity contribution is 0.0144. The van der Waals surface area contributed by atoms with Crippen LogP contribution in [0, 0.1) is 0 Å². The third-order valence-electron chi connectivity index (χ3n) is 4.08. The van der Waals surface area contributed by atoms with E-state index < -0.39 is 0 Å². The van der Waals surface area contributed by atoms with Gasteiger partial charge in [-0.1, -0.05) is 23.7 Å². The number of hydrogen-bond donors (Lipinski definition) is 1. The maximum absolute atomic E-state index is 12.6. The lowest BCUT2D eigenvalue weighted by atomic mass is 10.1. The number of benzene rings is 1. The van der Waals surface area contributed by atoms with Gasteiger partial charge in [-0.25, -0.2) is 0 Å². The lowest BCUT2D eigenvalue weighted by Crippen LogP contribution is -2.41. The molecule has 6 heteroatoms. The standard InChI is InChI=1S/C17H20ClN3O2/c1-2-23-14-7-9-21(10-8-14)17(22)16-11-15(19-20-16)12-3-5-13(18)6-4-12/h3-6,11,14H,2,7-10H2,1H3,(H,19,20). The molecule has 1 aliphatic rings. The van der Waals surface area contributed by atoms with Crippen LogP contribution in [0.2, 0.25) is 5.02 Å². The Morgan fingerprint density at radius 3 is 2.70 bits per heavy atom. The number of carbonyl (C=O) groups excluding carboxylic acids is 1. The van der Waals surface area contributed by atoms with Gasteiger partial charge in [-0.15, -0.1) is 0 Å². The van der Waals surface area contributed by atoms with Crippen molar-refractivity contribution < 1.29 is 9.53 Å². The first-order valence-electron chi connectivity index (χ1n) is 7.89. The van der Waals surface area contributed by atoms with Crippen molar-refractivity contribution in [2.45, 2.75) is 25.9 Å². The molecule has 3 rings (SSSR count). The van der Waals surface area contributed by atoms with Gasteiger partial charge in [0.25, 0.3) is 5.91 Å². The van der Waals surface area contributed by atoms with Crippen LogP contribution in [-0.4, -0.2) is 46.8 Å². The number of H-pyrrole nitrogens is 1. The summed E-state index contributed by atoms with van der Waals surface area (Å²) in [6.07, 6.45) is 2.05. The van der Waals surface area contributed by atoms with Crippen LogP contribution >= 0.6 is 11.6 Å². The Morgan fingerprint density at radius 2 is 2.04 bits per heavy atom. The maximum atomic E-state index is 12.6. The molecule has 2 heterocycles. The van der Waals surface area contributed by atoms with E-state index in [0.717, 1.165) is 43.8 Å². The molecule has 0 aliphatic carbocycles.